The lowest BCUT2D eigenvalue weighted by molar-refractivity contribution is -0.134. The summed E-state index contributed by atoms with van der Waals surface area (Å²) in [6.45, 7) is 8.35. The fourth-order valence-corrected chi connectivity index (χ4v) is 4.28. The molecule has 0 aliphatic carbocycles. The minimum absolute atomic E-state index is 0.377. The van der Waals surface area contributed by atoms with Crippen molar-refractivity contribution in [1.82, 2.24) is 14.7 Å². The Labute approximate surface area is 152 Å². The Morgan fingerprint density at radius 3 is 2.28 bits per heavy atom. The molecular formula is C21H33N3O. The van der Waals surface area contributed by atoms with Crippen LogP contribution in [0.5, 0.6) is 0 Å². The minimum atomic E-state index is 0.377. The summed E-state index contributed by atoms with van der Waals surface area (Å²) in [4.78, 5) is 19.6. The Morgan fingerprint density at radius 2 is 1.68 bits per heavy atom. The molecule has 2 aliphatic heterocycles. The molecule has 0 spiro atoms. The normalized spacial score (nSPS) is 22.1. The second-order valence-corrected chi connectivity index (χ2v) is 7.70. The van der Waals surface area contributed by atoms with Crippen LogP contribution >= 0.6 is 0 Å². The zero-order chi connectivity index (χ0) is 17.6. The van der Waals surface area contributed by atoms with Gasteiger partial charge in [-0.05, 0) is 50.9 Å². The standard InChI is InChI=1S/C21H33N3O/c1-3-20(19-7-5-4-6-8-19)23-11-9-18(10-12-23)17-21(25)24-15-13-22(2)14-16-24/h4-8,18,20H,3,9-17H2,1-2H3/t20-/m0/s1. The number of benzene rings is 1. The molecule has 2 fully saturated rings. The van der Waals surface area contributed by atoms with Gasteiger partial charge in [-0.1, -0.05) is 37.3 Å². The summed E-state index contributed by atoms with van der Waals surface area (Å²) in [6, 6.07) is 11.4. The molecule has 3 rings (SSSR count). The van der Waals surface area contributed by atoms with Gasteiger partial charge in [-0.2, -0.15) is 0 Å². The summed E-state index contributed by atoms with van der Waals surface area (Å²) >= 11 is 0. The summed E-state index contributed by atoms with van der Waals surface area (Å²) < 4.78 is 0. The number of rotatable bonds is 5. The van der Waals surface area contributed by atoms with Crippen molar-refractivity contribution >= 4 is 5.91 Å². The van der Waals surface area contributed by atoms with E-state index in [4.69, 9.17) is 0 Å². The van der Waals surface area contributed by atoms with E-state index in [-0.39, 0.29) is 0 Å². The third-order valence-electron chi connectivity index (χ3n) is 5.98. The molecule has 4 nitrogen and oxygen atoms in total. The zero-order valence-electron chi connectivity index (χ0n) is 15.9. The molecule has 2 heterocycles. The fourth-order valence-electron chi connectivity index (χ4n) is 4.28. The Bertz CT molecular complexity index is 531. The smallest absolute Gasteiger partial charge is 0.222 e. The van der Waals surface area contributed by atoms with Gasteiger partial charge in [-0.3, -0.25) is 9.69 Å². The van der Waals surface area contributed by atoms with E-state index in [1.165, 1.54) is 5.56 Å². The highest BCUT2D eigenvalue weighted by molar-refractivity contribution is 5.76. The highest BCUT2D eigenvalue weighted by Crippen LogP contribution is 2.30. The monoisotopic (exact) mass is 343 g/mol. The first-order chi connectivity index (χ1) is 12.2. The molecule has 1 aromatic carbocycles. The Morgan fingerprint density at radius 1 is 1.04 bits per heavy atom. The quantitative estimate of drug-likeness (QED) is 0.822. The predicted octanol–water partition coefficient (Wildman–Crippen LogP) is 3.01. The van der Waals surface area contributed by atoms with E-state index in [2.05, 4.69) is 59.0 Å². The molecule has 0 aromatic heterocycles. The van der Waals surface area contributed by atoms with Crippen LogP contribution in [0.3, 0.4) is 0 Å². The Balaban J connectivity index is 1.47. The second-order valence-electron chi connectivity index (χ2n) is 7.70. The lowest BCUT2D eigenvalue weighted by Gasteiger charge is -2.38. The van der Waals surface area contributed by atoms with Crippen molar-refractivity contribution in [2.45, 2.75) is 38.6 Å². The highest BCUT2D eigenvalue weighted by Gasteiger charge is 2.28. The third-order valence-corrected chi connectivity index (χ3v) is 5.98. The van der Waals surface area contributed by atoms with Crippen molar-refractivity contribution < 1.29 is 4.79 Å². The maximum atomic E-state index is 12.6. The van der Waals surface area contributed by atoms with Crippen molar-refractivity contribution in [1.29, 1.82) is 0 Å². The van der Waals surface area contributed by atoms with Gasteiger partial charge >= 0.3 is 0 Å². The van der Waals surface area contributed by atoms with Gasteiger partial charge in [0.25, 0.3) is 0 Å². The molecular weight excluding hydrogens is 310 g/mol. The van der Waals surface area contributed by atoms with E-state index in [1.54, 1.807) is 0 Å². The molecule has 1 aromatic rings. The van der Waals surface area contributed by atoms with Gasteiger partial charge in [0.2, 0.25) is 5.91 Å². The molecule has 1 amide bonds. The van der Waals surface area contributed by atoms with Gasteiger partial charge in [0.15, 0.2) is 0 Å². The van der Waals surface area contributed by atoms with Gasteiger partial charge in [0, 0.05) is 38.6 Å². The van der Waals surface area contributed by atoms with Crippen LogP contribution in [0, 0.1) is 5.92 Å². The van der Waals surface area contributed by atoms with Gasteiger partial charge in [0.05, 0.1) is 0 Å². The van der Waals surface area contributed by atoms with E-state index in [0.717, 1.165) is 65.0 Å². The average Bonchev–Trinajstić information content (AvgIpc) is 2.65. The van der Waals surface area contributed by atoms with Crippen LogP contribution in [0.2, 0.25) is 0 Å². The van der Waals surface area contributed by atoms with E-state index < -0.39 is 0 Å². The van der Waals surface area contributed by atoms with E-state index in [0.29, 0.717) is 17.9 Å². The lowest BCUT2D eigenvalue weighted by atomic mass is 9.90. The summed E-state index contributed by atoms with van der Waals surface area (Å²) in [5, 5.41) is 0. The molecule has 0 saturated carbocycles. The van der Waals surface area contributed by atoms with Gasteiger partial charge < -0.3 is 9.80 Å². The van der Waals surface area contributed by atoms with Crippen LogP contribution in [0.25, 0.3) is 0 Å². The predicted molar refractivity (Wildman–Crippen MR) is 102 cm³/mol. The molecule has 0 N–H and O–H groups in total. The number of likely N-dealkylation sites (tertiary alicyclic amines) is 1. The van der Waals surface area contributed by atoms with Crippen molar-refractivity contribution in [3.63, 3.8) is 0 Å². The molecule has 2 saturated heterocycles. The summed E-state index contributed by atoms with van der Waals surface area (Å²) in [7, 11) is 2.13. The van der Waals surface area contributed by atoms with E-state index in [1.807, 2.05) is 0 Å². The highest BCUT2D eigenvalue weighted by atomic mass is 16.2. The summed E-state index contributed by atoms with van der Waals surface area (Å²) in [5.74, 6) is 0.943. The number of amides is 1. The van der Waals surface area contributed by atoms with Gasteiger partial charge in [-0.15, -0.1) is 0 Å². The minimum Gasteiger partial charge on any atom is -0.340 e. The van der Waals surface area contributed by atoms with Crippen LogP contribution in [-0.4, -0.2) is 66.9 Å². The number of likely N-dealkylation sites (N-methyl/N-ethyl adjacent to an activating group) is 1. The van der Waals surface area contributed by atoms with Crippen molar-refractivity contribution in [3.8, 4) is 0 Å². The van der Waals surface area contributed by atoms with E-state index >= 15 is 0 Å². The maximum absolute atomic E-state index is 12.6. The lowest BCUT2D eigenvalue weighted by Crippen LogP contribution is -2.48. The topological polar surface area (TPSA) is 26.8 Å². The first kappa shape index (κ1) is 18.4. The van der Waals surface area contributed by atoms with Gasteiger partial charge in [0.1, 0.15) is 0 Å². The van der Waals surface area contributed by atoms with Crippen LogP contribution in [0.1, 0.15) is 44.2 Å². The van der Waals surface area contributed by atoms with Crippen LogP contribution < -0.4 is 0 Å². The Hall–Kier alpha value is -1.39. The largest absolute Gasteiger partial charge is 0.340 e. The number of piperazine rings is 1. The molecule has 0 unspecified atom stereocenters. The van der Waals surface area contributed by atoms with Gasteiger partial charge in [-0.25, -0.2) is 0 Å². The second kappa shape index (κ2) is 8.81. The fraction of sp³-hybridized carbons (Fsp3) is 0.667. The molecule has 4 heteroatoms. The summed E-state index contributed by atoms with van der Waals surface area (Å²) in [6.07, 6.45) is 4.21. The average molecular weight is 344 g/mol. The van der Waals surface area contributed by atoms with Crippen molar-refractivity contribution in [2.24, 2.45) is 5.92 Å². The molecule has 2 aliphatic rings. The Kier molecular flexibility index (Phi) is 6.49. The first-order valence-electron chi connectivity index (χ1n) is 9.92. The number of nitrogens with zero attached hydrogens (tertiary/aromatic N) is 3. The zero-order valence-corrected chi connectivity index (χ0v) is 15.9. The number of piperidine rings is 1. The maximum Gasteiger partial charge on any atom is 0.222 e. The number of hydrogen-bond donors (Lipinski definition) is 0. The van der Waals surface area contributed by atoms with Crippen LogP contribution in [0.15, 0.2) is 30.3 Å². The third kappa shape index (κ3) is 4.83. The molecule has 1 atom stereocenters. The SMILES string of the molecule is CC[C@@H](c1ccccc1)N1CCC(CC(=O)N2CCN(C)CC2)CC1. The summed E-state index contributed by atoms with van der Waals surface area (Å²) in [5.41, 5.74) is 1.43. The number of carbonyl (C=O) groups is 1. The van der Waals surface area contributed by atoms with Crippen molar-refractivity contribution in [2.75, 3.05) is 46.3 Å². The van der Waals surface area contributed by atoms with E-state index in [9.17, 15) is 4.79 Å². The van der Waals surface area contributed by atoms with Crippen molar-refractivity contribution in [3.05, 3.63) is 35.9 Å². The van der Waals surface area contributed by atoms with Crippen LogP contribution in [0.4, 0.5) is 0 Å². The number of carbonyl (C=O) groups excluding carboxylic acids is 1. The molecule has 138 valence electrons. The molecule has 0 radical (unpaired) electrons. The molecule has 0 bridgehead atoms. The number of hydrogen-bond acceptors (Lipinski definition) is 3. The van der Waals surface area contributed by atoms with Crippen LogP contribution in [-0.2, 0) is 4.79 Å². The molecule has 25 heavy (non-hydrogen) atoms. The first-order valence-corrected chi connectivity index (χ1v) is 9.92.